The molecule has 0 heterocycles. The smallest absolute Gasteiger partial charge is 0.326 e. The van der Waals surface area contributed by atoms with Crippen molar-refractivity contribution in [2.75, 3.05) is 12.3 Å². The molecule has 0 aliphatic carbocycles. The Kier molecular flexibility index (Phi) is 10.0. The molecular weight excluding hydrogens is 336 g/mol. The van der Waals surface area contributed by atoms with Gasteiger partial charge in [-0.05, 0) is 12.8 Å². The number of hydrogen-bond acceptors (Lipinski definition) is 6. The zero-order valence-electron chi connectivity index (χ0n) is 14.0. The van der Waals surface area contributed by atoms with Crippen LogP contribution in [-0.2, 0) is 19.2 Å². The normalized spacial score (nSPS) is 15.5. The molecule has 0 aliphatic rings. The highest BCUT2D eigenvalue weighted by atomic mass is 32.1. The summed E-state index contributed by atoms with van der Waals surface area (Å²) >= 11 is 3.99. The minimum atomic E-state index is -1.15. The Labute approximate surface area is 146 Å². The van der Waals surface area contributed by atoms with E-state index in [1.54, 1.807) is 6.92 Å². The van der Waals surface area contributed by atoms with Gasteiger partial charge in [-0.15, -0.1) is 0 Å². The zero-order chi connectivity index (χ0) is 18.9. The quantitative estimate of drug-likeness (QED) is 0.260. The highest BCUT2D eigenvalue weighted by Gasteiger charge is 2.29. The van der Waals surface area contributed by atoms with Crippen molar-refractivity contribution in [2.45, 2.75) is 45.3 Å². The second kappa shape index (κ2) is 10.9. The van der Waals surface area contributed by atoms with Gasteiger partial charge in [0.2, 0.25) is 17.7 Å². The van der Waals surface area contributed by atoms with E-state index in [1.165, 1.54) is 6.92 Å². The van der Waals surface area contributed by atoms with Crippen molar-refractivity contribution in [1.29, 1.82) is 0 Å². The summed E-state index contributed by atoms with van der Waals surface area (Å²) in [6.45, 7) is 4.65. The van der Waals surface area contributed by atoms with E-state index in [-0.39, 0.29) is 18.2 Å². The molecule has 0 saturated heterocycles. The van der Waals surface area contributed by atoms with E-state index in [4.69, 9.17) is 5.73 Å². The molecule has 0 aromatic rings. The van der Waals surface area contributed by atoms with Gasteiger partial charge in [0.25, 0.3) is 0 Å². The first-order chi connectivity index (χ1) is 11.1. The summed E-state index contributed by atoms with van der Waals surface area (Å²) in [7, 11) is 0. The van der Waals surface area contributed by atoms with Crippen LogP contribution in [-0.4, -0.2) is 59.2 Å². The Morgan fingerprint density at radius 2 is 1.71 bits per heavy atom. The second-order valence-electron chi connectivity index (χ2n) is 5.52. The number of thiol groups is 1. The number of amides is 3. The summed E-state index contributed by atoms with van der Waals surface area (Å²) in [5, 5.41) is 16.3. The Morgan fingerprint density at radius 1 is 1.12 bits per heavy atom. The number of carbonyl (C=O) groups excluding carboxylic acids is 3. The maximum absolute atomic E-state index is 12.1. The molecule has 9 nitrogen and oxygen atoms in total. The van der Waals surface area contributed by atoms with Gasteiger partial charge in [0, 0.05) is 5.75 Å². The predicted molar refractivity (Wildman–Crippen MR) is 91.5 cm³/mol. The summed E-state index contributed by atoms with van der Waals surface area (Å²) in [5.41, 5.74) is 5.35. The first-order valence-corrected chi connectivity index (χ1v) is 8.23. The van der Waals surface area contributed by atoms with E-state index in [2.05, 4.69) is 28.6 Å². The monoisotopic (exact) mass is 362 g/mol. The van der Waals surface area contributed by atoms with Crippen LogP contribution in [0, 0.1) is 5.92 Å². The lowest BCUT2D eigenvalue weighted by Crippen LogP contribution is -2.55. The van der Waals surface area contributed by atoms with E-state index in [9.17, 15) is 24.3 Å². The molecule has 3 amide bonds. The van der Waals surface area contributed by atoms with Crippen molar-refractivity contribution < 1.29 is 24.3 Å². The Bertz CT molecular complexity index is 472. The van der Waals surface area contributed by atoms with Gasteiger partial charge in [-0.25, -0.2) is 4.79 Å². The summed E-state index contributed by atoms with van der Waals surface area (Å²) in [5.74, 6) is -3.19. The average molecular weight is 362 g/mol. The molecule has 0 aromatic carbocycles. The van der Waals surface area contributed by atoms with Gasteiger partial charge in [0.15, 0.2) is 0 Å². The fourth-order valence-electron chi connectivity index (χ4n) is 1.70. The summed E-state index contributed by atoms with van der Waals surface area (Å²) in [6, 6.07) is -2.83. The van der Waals surface area contributed by atoms with Crippen LogP contribution in [0.4, 0.5) is 0 Å². The van der Waals surface area contributed by atoms with E-state index in [0.29, 0.717) is 6.42 Å². The average Bonchev–Trinajstić information content (AvgIpc) is 2.53. The molecular formula is C14H26N4O5S. The molecule has 0 aromatic heterocycles. The lowest BCUT2D eigenvalue weighted by atomic mass is 9.99. The van der Waals surface area contributed by atoms with Crippen molar-refractivity contribution in [3.63, 3.8) is 0 Å². The minimum Gasteiger partial charge on any atom is -0.480 e. The van der Waals surface area contributed by atoms with Crippen LogP contribution < -0.4 is 21.7 Å². The van der Waals surface area contributed by atoms with Crippen molar-refractivity contribution in [3.05, 3.63) is 0 Å². The number of hydrogen-bond donors (Lipinski definition) is 6. The van der Waals surface area contributed by atoms with Crippen LogP contribution in [0.15, 0.2) is 0 Å². The minimum absolute atomic E-state index is 0.0222. The highest BCUT2D eigenvalue weighted by Crippen LogP contribution is 2.08. The summed E-state index contributed by atoms with van der Waals surface area (Å²) < 4.78 is 0. The number of carbonyl (C=O) groups is 4. The molecule has 0 spiro atoms. The number of rotatable bonds is 10. The molecule has 0 saturated carbocycles. The van der Waals surface area contributed by atoms with Crippen molar-refractivity contribution in [1.82, 2.24) is 16.0 Å². The maximum Gasteiger partial charge on any atom is 0.326 e. The molecule has 4 unspecified atom stereocenters. The van der Waals surface area contributed by atoms with Crippen molar-refractivity contribution >= 4 is 36.3 Å². The Hall–Kier alpha value is -1.81. The van der Waals surface area contributed by atoms with Crippen LogP contribution in [0.2, 0.25) is 0 Å². The Morgan fingerprint density at radius 3 is 2.12 bits per heavy atom. The third kappa shape index (κ3) is 7.64. The molecule has 0 rings (SSSR count). The van der Waals surface area contributed by atoms with Crippen LogP contribution in [0.5, 0.6) is 0 Å². The van der Waals surface area contributed by atoms with Crippen LogP contribution in [0.3, 0.4) is 0 Å². The number of nitrogens with one attached hydrogen (secondary N) is 3. The lowest BCUT2D eigenvalue weighted by Gasteiger charge is -2.23. The molecule has 0 bridgehead atoms. The molecule has 0 radical (unpaired) electrons. The summed E-state index contributed by atoms with van der Waals surface area (Å²) in [4.78, 5) is 46.4. The first kappa shape index (κ1) is 22.2. The van der Waals surface area contributed by atoms with Gasteiger partial charge >= 0.3 is 5.97 Å². The van der Waals surface area contributed by atoms with Crippen LogP contribution >= 0.6 is 12.6 Å². The van der Waals surface area contributed by atoms with Gasteiger partial charge < -0.3 is 26.8 Å². The largest absolute Gasteiger partial charge is 0.480 e. The van der Waals surface area contributed by atoms with Gasteiger partial charge in [-0.1, -0.05) is 20.3 Å². The topological polar surface area (TPSA) is 151 Å². The van der Waals surface area contributed by atoms with E-state index in [1.807, 2.05) is 6.92 Å². The van der Waals surface area contributed by atoms with Gasteiger partial charge in [0.05, 0.1) is 12.6 Å². The molecule has 138 valence electrons. The second-order valence-corrected chi connectivity index (χ2v) is 5.88. The standard InChI is InChI=1S/C14H26N4O5S/c1-4-7(2)11(14(22)23)18-13(21)9(6-24)17-10(19)5-16-12(20)8(3)15/h7-9,11,24H,4-6,15H2,1-3H3,(H,16,20)(H,17,19)(H,18,21)(H,22,23). The zero-order valence-corrected chi connectivity index (χ0v) is 14.9. The van der Waals surface area contributed by atoms with Gasteiger partial charge in [0.1, 0.15) is 12.1 Å². The van der Waals surface area contributed by atoms with Crippen LogP contribution in [0.25, 0.3) is 0 Å². The van der Waals surface area contributed by atoms with E-state index < -0.39 is 41.8 Å². The molecule has 10 heteroatoms. The van der Waals surface area contributed by atoms with Gasteiger partial charge in [-0.3, -0.25) is 14.4 Å². The number of carboxylic acids is 1. The molecule has 24 heavy (non-hydrogen) atoms. The molecule has 0 fully saturated rings. The van der Waals surface area contributed by atoms with E-state index >= 15 is 0 Å². The predicted octanol–water partition coefficient (Wildman–Crippen LogP) is -1.52. The van der Waals surface area contributed by atoms with E-state index in [0.717, 1.165) is 0 Å². The number of aliphatic carboxylic acids is 1. The molecule has 6 N–H and O–H groups in total. The highest BCUT2D eigenvalue weighted by molar-refractivity contribution is 7.80. The molecule has 4 atom stereocenters. The van der Waals surface area contributed by atoms with Gasteiger partial charge in [-0.2, -0.15) is 12.6 Å². The third-order valence-corrected chi connectivity index (χ3v) is 3.81. The van der Waals surface area contributed by atoms with Crippen molar-refractivity contribution in [2.24, 2.45) is 11.7 Å². The number of carboxylic acid groups (broad SMARTS) is 1. The van der Waals surface area contributed by atoms with Crippen LogP contribution in [0.1, 0.15) is 27.2 Å². The first-order valence-electron chi connectivity index (χ1n) is 7.60. The summed E-state index contributed by atoms with van der Waals surface area (Å²) in [6.07, 6.45) is 0.568. The third-order valence-electron chi connectivity index (χ3n) is 3.45. The SMILES string of the molecule is CCC(C)C(NC(=O)C(CS)NC(=O)CNC(=O)C(C)N)C(=O)O. The fourth-order valence-corrected chi connectivity index (χ4v) is 1.96. The lowest BCUT2D eigenvalue weighted by molar-refractivity contribution is -0.143. The maximum atomic E-state index is 12.1. The van der Waals surface area contributed by atoms with Crippen molar-refractivity contribution in [3.8, 4) is 0 Å². The molecule has 0 aliphatic heterocycles. The fraction of sp³-hybridized carbons (Fsp3) is 0.714. The Balaban J connectivity index is 4.66. The number of nitrogens with two attached hydrogens (primary N) is 1.